The van der Waals surface area contributed by atoms with Crippen LogP contribution in [0.25, 0.3) is 0 Å². The molecule has 1 aliphatic rings. The monoisotopic (exact) mass is 368 g/mol. The third-order valence-electron chi connectivity index (χ3n) is 3.60. The van der Waals surface area contributed by atoms with Crippen molar-refractivity contribution in [3.05, 3.63) is 40.8 Å². The van der Waals surface area contributed by atoms with E-state index >= 15 is 0 Å². The van der Waals surface area contributed by atoms with E-state index in [0.717, 1.165) is 16.8 Å². The number of rotatable bonds is 3. The third kappa shape index (κ3) is 3.34. The fourth-order valence-corrected chi connectivity index (χ4v) is 4.88. The highest BCUT2D eigenvalue weighted by molar-refractivity contribution is 7.94. The second kappa shape index (κ2) is 6.10. The summed E-state index contributed by atoms with van der Waals surface area (Å²) in [6.45, 7) is 3.81. The molecule has 2 aromatic rings. The SMILES string of the molecule is Cc1c(NS(=O)(=O)c2cccs2)ccc2c1NC(=S)OC(C)C2. The van der Waals surface area contributed by atoms with E-state index in [4.69, 9.17) is 17.0 Å². The van der Waals surface area contributed by atoms with Crippen LogP contribution in [0.2, 0.25) is 0 Å². The van der Waals surface area contributed by atoms with Gasteiger partial charge in [-0.25, -0.2) is 8.42 Å². The molecule has 0 saturated heterocycles. The Bertz CT molecular complexity index is 845. The molecular formula is C15H16N2O3S3. The van der Waals surface area contributed by atoms with E-state index in [2.05, 4.69) is 10.0 Å². The van der Waals surface area contributed by atoms with Gasteiger partial charge in [0.2, 0.25) is 0 Å². The number of hydrogen-bond acceptors (Lipinski definition) is 5. The molecule has 2 heterocycles. The number of thiophene rings is 1. The average Bonchev–Trinajstić information content (AvgIpc) is 2.96. The van der Waals surface area contributed by atoms with E-state index in [-0.39, 0.29) is 10.3 Å². The van der Waals surface area contributed by atoms with E-state index in [0.29, 0.717) is 17.3 Å². The first-order chi connectivity index (χ1) is 10.9. The van der Waals surface area contributed by atoms with Crippen LogP contribution in [0, 0.1) is 6.92 Å². The second-order valence-electron chi connectivity index (χ2n) is 5.35. The summed E-state index contributed by atoms with van der Waals surface area (Å²) in [6, 6.07) is 6.97. The molecule has 1 aromatic carbocycles. The number of fused-ring (bicyclic) bond motifs is 1. The third-order valence-corrected chi connectivity index (χ3v) is 6.56. The predicted molar refractivity (Wildman–Crippen MR) is 96.8 cm³/mol. The van der Waals surface area contributed by atoms with Gasteiger partial charge in [-0.1, -0.05) is 12.1 Å². The van der Waals surface area contributed by atoms with Gasteiger partial charge < -0.3 is 10.1 Å². The number of anilines is 2. The van der Waals surface area contributed by atoms with Crippen LogP contribution in [0.1, 0.15) is 18.1 Å². The minimum atomic E-state index is -3.58. The standard InChI is InChI=1S/C15H16N2O3S3/c1-9-8-11-5-6-12(10(2)14(11)16-15(21)20-9)17-23(18,19)13-4-3-7-22-13/h3-7,9,17H,8H2,1-2H3,(H,16,21). The fourth-order valence-electron chi connectivity index (χ4n) is 2.50. The van der Waals surface area contributed by atoms with Crippen LogP contribution in [0.5, 0.6) is 0 Å². The first-order valence-corrected chi connectivity index (χ1v) is 9.80. The van der Waals surface area contributed by atoms with Gasteiger partial charge in [0.25, 0.3) is 15.2 Å². The number of ether oxygens (including phenoxy) is 1. The summed E-state index contributed by atoms with van der Waals surface area (Å²) in [5, 5.41) is 5.10. The Balaban J connectivity index is 1.98. The summed E-state index contributed by atoms with van der Waals surface area (Å²) >= 11 is 6.33. The van der Waals surface area contributed by atoms with Crippen molar-refractivity contribution in [2.45, 2.75) is 30.6 Å². The van der Waals surface area contributed by atoms with Crippen LogP contribution in [0.15, 0.2) is 33.9 Å². The van der Waals surface area contributed by atoms with Gasteiger partial charge in [-0.3, -0.25) is 4.72 Å². The summed E-state index contributed by atoms with van der Waals surface area (Å²) < 4.78 is 33.3. The molecule has 0 saturated carbocycles. The van der Waals surface area contributed by atoms with Crippen molar-refractivity contribution < 1.29 is 13.2 Å². The van der Waals surface area contributed by atoms with Gasteiger partial charge in [0, 0.05) is 12.1 Å². The largest absolute Gasteiger partial charge is 0.467 e. The smallest absolute Gasteiger partial charge is 0.271 e. The van der Waals surface area contributed by atoms with Crippen LogP contribution in [0.4, 0.5) is 11.4 Å². The number of thiocarbonyl (C=S) groups is 1. The minimum absolute atomic E-state index is 0.0238. The molecule has 0 radical (unpaired) electrons. The van der Waals surface area contributed by atoms with Crippen molar-refractivity contribution in [3.63, 3.8) is 0 Å². The fraction of sp³-hybridized carbons (Fsp3) is 0.267. The maximum atomic E-state index is 12.4. The maximum Gasteiger partial charge on any atom is 0.271 e. The van der Waals surface area contributed by atoms with Crippen LogP contribution in [-0.2, 0) is 21.2 Å². The highest BCUT2D eigenvalue weighted by atomic mass is 32.2. The van der Waals surface area contributed by atoms with Crippen molar-refractivity contribution in [2.75, 3.05) is 10.0 Å². The molecule has 0 amide bonds. The van der Waals surface area contributed by atoms with Gasteiger partial charge in [-0.15, -0.1) is 11.3 Å². The Hall–Kier alpha value is -1.64. The summed E-state index contributed by atoms with van der Waals surface area (Å²) in [6.07, 6.45) is 0.686. The first-order valence-electron chi connectivity index (χ1n) is 7.03. The van der Waals surface area contributed by atoms with Gasteiger partial charge in [-0.2, -0.15) is 0 Å². The maximum absolute atomic E-state index is 12.4. The zero-order valence-electron chi connectivity index (χ0n) is 12.6. The van der Waals surface area contributed by atoms with Crippen LogP contribution >= 0.6 is 23.6 Å². The quantitative estimate of drug-likeness (QED) is 0.812. The summed E-state index contributed by atoms with van der Waals surface area (Å²) in [7, 11) is -3.58. The lowest BCUT2D eigenvalue weighted by molar-refractivity contribution is 0.217. The van der Waals surface area contributed by atoms with Gasteiger partial charge in [0.15, 0.2) is 0 Å². The molecule has 5 nitrogen and oxygen atoms in total. The first kappa shape index (κ1) is 16.2. The predicted octanol–water partition coefficient (Wildman–Crippen LogP) is 3.52. The highest BCUT2D eigenvalue weighted by Crippen LogP contribution is 2.32. The average molecular weight is 369 g/mol. The highest BCUT2D eigenvalue weighted by Gasteiger charge is 2.22. The number of nitrogens with one attached hydrogen (secondary N) is 2. The van der Waals surface area contributed by atoms with E-state index in [1.807, 2.05) is 19.9 Å². The van der Waals surface area contributed by atoms with E-state index in [1.54, 1.807) is 23.6 Å². The topological polar surface area (TPSA) is 67.4 Å². The lowest BCUT2D eigenvalue weighted by Gasteiger charge is -2.15. The molecule has 1 unspecified atom stereocenters. The Morgan fingerprint density at radius 2 is 2.17 bits per heavy atom. The van der Waals surface area contributed by atoms with Gasteiger partial charge >= 0.3 is 0 Å². The van der Waals surface area contributed by atoms with Crippen molar-refractivity contribution in [1.82, 2.24) is 0 Å². The summed E-state index contributed by atoms with van der Waals surface area (Å²) in [5.41, 5.74) is 3.18. The van der Waals surface area contributed by atoms with E-state index in [1.165, 1.54) is 11.3 Å². The summed E-state index contributed by atoms with van der Waals surface area (Å²) in [4.78, 5) is 0. The second-order valence-corrected chi connectivity index (χ2v) is 8.58. The molecule has 8 heteroatoms. The van der Waals surface area contributed by atoms with E-state index < -0.39 is 10.0 Å². The van der Waals surface area contributed by atoms with Gasteiger partial charge in [-0.05, 0) is 54.7 Å². The molecule has 3 rings (SSSR count). The molecule has 1 aliphatic heterocycles. The Kier molecular flexibility index (Phi) is 4.31. The lowest BCUT2D eigenvalue weighted by Crippen LogP contribution is -2.17. The van der Waals surface area contributed by atoms with Gasteiger partial charge in [0.05, 0.1) is 5.69 Å². The molecular weight excluding hydrogens is 352 g/mol. The molecule has 2 N–H and O–H groups in total. The van der Waals surface area contributed by atoms with Crippen molar-refractivity contribution in [3.8, 4) is 0 Å². The van der Waals surface area contributed by atoms with Crippen LogP contribution < -0.4 is 10.0 Å². The molecule has 0 aliphatic carbocycles. The van der Waals surface area contributed by atoms with Crippen LogP contribution in [0.3, 0.4) is 0 Å². The van der Waals surface area contributed by atoms with Crippen LogP contribution in [-0.4, -0.2) is 19.7 Å². The summed E-state index contributed by atoms with van der Waals surface area (Å²) in [5.74, 6) is 0. The Labute approximate surface area is 144 Å². The van der Waals surface area contributed by atoms with Crippen molar-refractivity contribution in [1.29, 1.82) is 0 Å². The minimum Gasteiger partial charge on any atom is -0.467 e. The molecule has 0 bridgehead atoms. The number of hydrogen-bond donors (Lipinski definition) is 2. The molecule has 0 fully saturated rings. The zero-order valence-corrected chi connectivity index (χ0v) is 15.1. The zero-order chi connectivity index (χ0) is 16.6. The molecule has 1 atom stereocenters. The van der Waals surface area contributed by atoms with Crippen molar-refractivity contribution >= 4 is 50.1 Å². The van der Waals surface area contributed by atoms with Gasteiger partial charge in [0.1, 0.15) is 10.3 Å². The molecule has 0 spiro atoms. The number of benzene rings is 1. The van der Waals surface area contributed by atoms with E-state index in [9.17, 15) is 8.42 Å². The van der Waals surface area contributed by atoms with Crippen molar-refractivity contribution in [2.24, 2.45) is 0 Å². The number of sulfonamides is 1. The molecule has 122 valence electrons. The Morgan fingerprint density at radius 1 is 1.39 bits per heavy atom. The lowest BCUT2D eigenvalue weighted by atomic mass is 10.0. The normalized spacial score (nSPS) is 17.7. The Morgan fingerprint density at radius 3 is 2.87 bits per heavy atom. The molecule has 1 aromatic heterocycles. The molecule has 23 heavy (non-hydrogen) atoms.